The minimum absolute atomic E-state index is 0.0321. The number of carbonyl (C=O) groups excluding carboxylic acids is 1. The third kappa shape index (κ3) is 4.43. The van der Waals surface area contributed by atoms with E-state index in [2.05, 4.69) is 10.3 Å². The summed E-state index contributed by atoms with van der Waals surface area (Å²) in [7, 11) is 1.72. The molecule has 7 nitrogen and oxygen atoms in total. The molecule has 3 aromatic rings. The summed E-state index contributed by atoms with van der Waals surface area (Å²) in [6, 6.07) is 5.35. The van der Waals surface area contributed by atoms with Crippen molar-refractivity contribution in [2.24, 2.45) is 7.05 Å². The molecule has 1 aliphatic carbocycles. The van der Waals surface area contributed by atoms with Crippen LogP contribution in [0.25, 0.3) is 10.2 Å². The molecule has 2 aromatic heterocycles. The predicted molar refractivity (Wildman–Crippen MR) is 125 cm³/mol. The van der Waals surface area contributed by atoms with Gasteiger partial charge in [0.1, 0.15) is 16.3 Å². The molecule has 0 fully saturated rings. The van der Waals surface area contributed by atoms with Crippen LogP contribution in [0, 0.1) is 0 Å². The number of thiophene rings is 1. The summed E-state index contributed by atoms with van der Waals surface area (Å²) >= 11 is 2.86. The van der Waals surface area contributed by atoms with Gasteiger partial charge in [-0.1, -0.05) is 11.8 Å². The van der Waals surface area contributed by atoms with Gasteiger partial charge >= 0.3 is 0 Å². The number of ether oxygens (including phenoxy) is 2. The highest BCUT2D eigenvalue weighted by Crippen LogP contribution is 2.35. The number of thioether (sulfide) groups is 1. The summed E-state index contributed by atoms with van der Waals surface area (Å²) in [4.78, 5) is 32.3. The molecule has 0 aliphatic heterocycles. The van der Waals surface area contributed by atoms with E-state index in [0.29, 0.717) is 35.6 Å². The van der Waals surface area contributed by atoms with E-state index >= 15 is 0 Å². The van der Waals surface area contributed by atoms with Gasteiger partial charge in [0.25, 0.3) is 5.56 Å². The highest BCUT2D eigenvalue weighted by Gasteiger charge is 2.22. The molecule has 0 bridgehead atoms. The van der Waals surface area contributed by atoms with E-state index in [4.69, 9.17) is 9.47 Å². The van der Waals surface area contributed by atoms with Gasteiger partial charge in [-0.25, -0.2) is 4.98 Å². The standard InChI is InChI=1S/C22H25N3O4S2/c1-4-28-13-9-10-16(29-5-2)15(11-13)23-18(26)12-30-22-24-20-19(21(27)25(22)3)14-7-6-8-17(14)31-20/h9-11H,4-8,12H2,1-3H3,(H,23,26). The Kier molecular flexibility index (Phi) is 6.52. The van der Waals surface area contributed by atoms with Crippen molar-refractivity contribution in [1.82, 2.24) is 9.55 Å². The fourth-order valence-electron chi connectivity index (χ4n) is 3.70. The molecule has 1 N–H and O–H groups in total. The average Bonchev–Trinajstić information content (AvgIpc) is 3.33. The highest BCUT2D eigenvalue weighted by atomic mass is 32.2. The normalized spacial score (nSPS) is 12.7. The number of rotatable bonds is 8. The first kappa shape index (κ1) is 21.7. The van der Waals surface area contributed by atoms with Gasteiger partial charge in [-0.2, -0.15) is 0 Å². The van der Waals surface area contributed by atoms with E-state index in [1.807, 2.05) is 19.9 Å². The molecule has 1 aromatic carbocycles. The van der Waals surface area contributed by atoms with Crippen LogP contribution >= 0.6 is 23.1 Å². The fourth-order valence-corrected chi connectivity index (χ4v) is 5.77. The topological polar surface area (TPSA) is 82.5 Å². The van der Waals surface area contributed by atoms with Crippen LogP contribution in [0.15, 0.2) is 28.2 Å². The Labute approximate surface area is 188 Å². The Morgan fingerprint density at radius 1 is 1.26 bits per heavy atom. The van der Waals surface area contributed by atoms with Crippen molar-refractivity contribution >= 4 is 44.9 Å². The molecule has 0 spiro atoms. The lowest BCUT2D eigenvalue weighted by molar-refractivity contribution is -0.113. The van der Waals surface area contributed by atoms with E-state index in [0.717, 1.165) is 29.5 Å². The van der Waals surface area contributed by atoms with Crippen molar-refractivity contribution in [2.45, 2.75) is 38.3 Å². The maximum Gasteiger partial charge on any atom is 0.262 e. The second-order valence-electron chi connectivity index (χ2n) is 7.16. The number of nitrogens with one attached hydrogen (secondary N) is 1. The second kappa shape index (κ2) is 9.32. The molecule has 4 rings (SSSR count). The molecule has 31 heavy (non-hydrogen) atoms. The van der Waals surface area contributed by atoms with Gasteiger partial charge in [0.15, 0.2) is 5.16 Å². The largest absolute Gasteiger partial charge is 0.494 e. The van der Waals surface area contributed by atoms with Gasteiger partial charge < -0.3 is 14.8 Å². The average molecular weight is 460 g/mol. The third-order valence-electron chi connectivity index (χ3n) is 5.07. The number of nitrogens with zero attached hydrogens (tertiary/aromatic N) is 2. The van der Waals surface area contributed by atoms with E-state index < -0.39 is 0 Å². The summed E-state index contributed by atoms with van der Waals surface area (Å²) in [5.41, 5.74) is 1.70. The molecule has 2 heterocycles. The Bertz CT molecular complexity index is 1190. The van der Waals surface area contributed by atoms with E-state index in [1.54, 1.807) is 35.1 Å². The van der Waals surface area contributed by atoms with Crippen LogP contribution in [-0.4, -0.2) is 34.4 Å². The van der Waals surface area contributed by atoms with Gasteiger partial charge in [0.2, 0.25) is 5.91 Å². The molecule has 0 radical (unpaired) electrons. The molecule has 164 valence electrons. The Morgan fingerprint density at radius 3 is 2.84 bits per heavy atom. The number of aromatic nitrogens is 2. The first-order chi connectivity index (χ1) is 15.0. The lowest BCUT2D eigenvalue weighted by Gasteiger charge is -2.13. The van der Waals surface area contributed by atoms with Crippen LogP contribution in [-0.2, 0) is 24.7 Å². The first-order valence-electron chi connectivity index (χ1n) is 10.3. The van der Waals surface area contributed by atoms with Crippen molar-refractivity contribution in [1.29, 1.82) is 0 Å². The molecule has 0 atom stereocenters. The number of carbonyl (C=O) groups is 1. The van der Waals surface area contributed by atoms with Gasteiger partial charge in [-0.3, -0.25) is 14.2 Å². The molecular formula is C22H25N3O4S2. The second-order valence-corrected chi connectivity index (χ2v) is 9.18. The summed E-state index contributed by atoms with van der Waals surface area (Å²) in [6.07, 6.45) is 3.07. The Hall–Kier alpha value is -2.52. The van der Waals surface area contributed by atoms with Crippen LogP contribution in [0.2, 0.25) is 0 Å². The number of aryl methyl sites for hydroxylation is 2. The van der Waals surface area contributed by atoms with Crippen molar-refractivity contribution in [3.63, 3.8) is 0 Å². The number of hydrogen-bond acceptors (Lipinski definition) is 7. The van der Waals surface area contributed by atoms with E-state index in [-0.39, 0.29) is 17.2 Å². The summed E-state index contributed by atoms with van der Waals surface area (Å²) < 4.78 is 12.7. The summed E-state index contributed by atoms with van der Waals surface area (Å²) in [5, 5.41) is 4.18. The van der Waals surface area contributed by atoms with Crippen LogP contribution in [0.1, 0.15) is 30.7 Å². The highest BCUT2D eigenvalue weighted by molar-refractivity contribution is 7.99. The molecule has 1 aliphatic rings. The van der Waals surface area contributed by atoms with Crippen molar-refractivity contribution in [2.75, 3.05) is 24.3 Å². The van der Waals surface area contributed by atoms with Crippen LogP contribution in [0.4, 0.5) is 5.69 Å². The lowest BCUT2D eigenvalue weighted by atomic mass is 10.2. The van der Waals surface area contributed by atoms with Gasteiger partial charge in [-0.05, 0) is 50.8 Å². The third-order valence-corrected chi connectivity index (χ3v) is 7.29. The van der Waals surface area contributed by atoms with Crippen molar-refractivity contribution in [3.8, 4) is 11.5 Å². The number of hydrogen-bond donors (Lipinski definition) is 1. The minimum Gasteiger partial charge on any atom is -0.494 e. The van der Waals surface area contributed by atoms with Crippen molar-refractivity contribution in [3.05, 3.63) is 39.0 Å². The van der Waals surface area contributed by atoms with Crippen LogP contribution < -0.4 is 20.3 Å². The zero-order valence-electron chi connectivity index (χ0n) is 17.8. The van der Waals surface area contributed by atoms with Gasteiger partial charge in [0.05, 0.1) is 30.0 Å². The maximum atomic E-state index is 12.9. The molecule has 0 unspecified atom stereocenters. The van der Waals surface area contributed by atoms with Gasteiger partial charge in [-0.15, -0.1) is 11.3 Å². The summed E-state index contributed by atoms with van der Waals surface area (Å²) in [5.74, 6) is 1.17. The molecule has 0 saturated carbocycles. The first-order valence-corrected chi connectivity index (χ1v) is 12.2. The van der Waals surface area contributed by atoms with E-state index in [1.165, 1.54) is 22.2 Å². The quantitative estimate of drug-likeness (QED) is 0.405. The smallest absolute Gasteiger partial charge is 0.262 e. The van der Waals surface area contributed by atoms with Gasteiger partial charge in [0, 0.05) is 18.0 Å². The van der Waals surface area contributed by atoms with E-state index in [9.17, 15) is 9.59 Å². The van der Waals surface area contributed by atoms with Crippen molar-refractivity contribution < 1.29 is 14.3 Å². The zero-order chi connectivity index (χ0) is 22.0. The molecule has 9 heteroatoms. The Balaban J connectivity index is 1.50. The molecular weight excluding hydrogens is 434 g/mol. The zero-order valence-corrected chi connectivity index (χ0v) is 19.5. The minimum atomic E-state index is -0.206. The predicted octanol–water partition coefficient (Wildman–Crippen LogP) is 4.01. The van der Waals surface area contributed by atoms with Crippen LogP contribution in [0.3, 0.4) is 0 Å². The number of anilines is 1. The molecule has 1 amide bonds. The van der Waals surface area contributed by atoms with Crippen LogP contribution in [0.5, 0.6) is 11.5 Å². The monoisotopic (exact) mass is 459 g/mol. The number of amides is 1. The number of fused-ring (bicyclic) bond motifs is 3. The Morgan fingerprint density at radius 2 is 2.06 bits per heavy atom. The maximum absolute atomic E-state index is 12.9. The fraction of sp³-hybridized carbons (Fsp3) is 0.409. The lowest BCUT2D eigenvalue weighted by Crippen LogP contribution is -2.21. The SMILES string of the molecule is CCOc1ccc(OCC)c(NC(=O)CSc2nc3sc4c(c3c(=O)n2C)CCC4)c1. The number of benzene rings is 1. The molecule has 0 saturated heterocycles. The summed E-state index contributed by atoms with van der Waals surface area (Å²) in [6.45, 7) is 4.82.